The quantitative estimate of drug-likeness (QED) is 0.648. The lowest BCUT2D eigenvalue weighted by molar-refractivity contribution is -0.389. The van der Waals surface area contributed by atoms with E-state index < -0.39 is 10.8 Å². The number of likely N-dealkylation sites (tertiary alicyclic amines) is 1. The van der Waals surface area contributed by atoms with Gasteiger partial charge < -0.3 is 15.4 Å². The van der Waals surface area contributed by atoms with Crippen LogP contribution in [0.2, 0.25) is 0 Å². The Kier molecular flexibility index (Phi) is 4.85. The first-order valence-electron chi connectivity index (χ1n) is 7.94. The number of rotatable bonds is 5. The van der Waals surface area contributed by atoms with Crippen LogP contribution in [-0.4, -0.2) is 39.0 Å². The molecular weight excluding hydrogens is 310 g/mol. The zero-order chi connectivity index (χ0) is 16.9. The SMILES string of the molecule is O=C(Nc1ccc(CN2CCCCC2)cc1)c1cc([N+](=O)[O-])[nH]n1. The third-order valence-electron chi connectivity index (χ3n) is 4.06. The molecule has 0 unspecified atom stereocenters. The summed E-state index contributed by atoms with van der Waals surface area (Å²) in [6.07, 6.45) is 3.82. The number of H-pyrrole nitrogens is 1. The largest absolute Gasteiger partial charge is 0.358 e. The summed E-state index contributed by atoms with van der Waals surface area (Å²) < 4.78 is 0. The zero-order valence-electron chi connectivity index (χ0n) is 13.2. The number of carbonyl (C=O) groups excluding carboxylic acids is 1. The molecule has 0 atom stereocenters. The first-order valence-corrected chi connectivity index (χ1v) is 7.94. The summed E-state index contributed by atoms with van der Waals surface area (Å²) in [5, 5.41) is 19.1. The number of nitro groups is 1. The van der Waals surface area contributed by atoms with Gasteiger partial charge in [0.25, 0.3) is 5.91 Å². The first-order chi connectivity index (χ1) is 11.6. The molecule has 0 aliphatic carbocycles. The number of nitrogens with zero attached hydrogens (tertiary/aromatic N) is 3. The minimum atomic E-state index is -0.626. The molecule has 0 radical (unpaired) electrons. The first kappa shape index (κ1) is 16.1. The smallest absolute Gasteiger partial charge is 0.343 e. The molecule has 1 amide bonds. The summed E-state index contributed by atoms with van der Waals surface area (Å²) in [6, 6.07) is 8.74. The Morgan fingerprint density at radius 1 is 1.25 bits per heavy atom. The molecule has 1 aromatic carbocycles. The second-order valence-corrected chi connectivity index (χ2v) is 5.88. The molecule has 1 saturated heterocycles. The number of aromatic nitrogens is 2. The maximum absolute atomic E-state index is 12.0. The number of benzene rings is 1. The summed E-state index contributed by atoms with van der Waals surface area (Å²) in [6.45, 7) is 3.19. The van der Waals surface area contributed by atoms with E-state index in [1.54, 1.807) is 0 Å². The highest BCUT2D eigenvalue weighted by Crippen LogP contribution is 2.16. The predicted molar refractivity (Wildman–Crippen MR) is 88.8 cm³/mol. The predicted octanol–water partition coefficient (Wildman–Crippen LogP) is 2.56. The van der Waals surface area contributed by atoms with E-state index in [1.807, 2.05) is 24.3 Å². The lowest BCUT2D eigenvalue weighted by Gasteiger charge is -2.26. The molecule has 1 aliphatic rings. The third kappa shape index (κ3) is 3.96. The van der Waals surface area contributed by atoms with Crippen LogP contribution in [-0.2, 0) is 6.54 Å². The van der Waals surface area contributed by atoms with Gasteiger partial charge in [0.2, 0.25) is 0 Å². The average molecular weight is 329 g/mol. The van der Waals surface area contributed by atoms with E-state index in [1.165, 1.54) is 24.8 Å². The molecular formula is C16H19N5O3. The molecule has 0 saturated carbocycles. The van der Waals surface area contributed by atoms with E-state index in [-0.39, 0.29) is 11.5 Å². The standard InChI is InChI=1S/C16H19N5O3/c22-16(14-10-15(19-18-14)21(23)24)17-13-6-4-12(5-7-13)11-20-8-2-1-3-9-20/h4-7,10H,1-3,8-9,11H2,(H,17,22)(H,18,19). The Bertz CT molecular complexity index is 720. The van der Waals surface area contributed by atoms with Crippen molar-refractivity contribution in [3.8, 4) is 0 Å². The average Bonchev–Trinajstić information content (AvgIpc) is 3.08. The van der Waals surface area contributed by atoms with E-state index in [0.29, 0.717) is 5.69 Å². The number of amides is 1. The van der Waals surface area contributed by atoms with Gasteiger partial charge in [-0.05, 0) is 48.6 Å². The van der Waals surface area contributed by atoms with Crippen molar-refractivity contribution in [3.63, 3.8) is 0 Å². The molecule has 0 spiro atoms. The maximum atomic E-state index is 12.0. The van der Waals surface area contributed by atoms with Crippen LogP contribution < -0.4 is 5.32 Å². The molecule has 1 fully saturated rings. The summed E-state index contributed by atoms with van der Waals surface area (Å²) in [4.78, 5) is 24.4. The van der Waals surface area contributed by atoms with Crippen molar-refractivity contribution in [2.24, 2.45) is 0 Å². The van der Waals surface area contributed by atoms with Gasteiger partial charge >= 0.3 is 5.82 Å². The van der Waals surface area contributed by atoms with Crippen molar-refractivity contribution < 1.29 is 9.72 Å². The maximum Gasteiger partial charge on any atom is 0.343 e. The highest BCUT2D eigenvalue weighted by molar-refractivity contribution is 6.03. The van der Waals surface area contributed by atoms with Crippen molar-refractivity contribution in [3.05, 3.63) is 51.7 Å². The summed E-state index contributed by atoms with van der Waals surface area (Å²) in [5.41, 5.74) is 1.82. The number of hydrogen-bond donors (Lipinski definition) is 2. The Morgan fingerprint density at radius 2 is 1.96 bits per heavy atom. The molecule has 2 N–H and O–H groups in total. The minimum absolute atomic E-state index is 0.0147. The highest BCUT2D eigenvalue weighted by atomic mass is 16.6. The van der Waals surface area contributed by atoms with Crippen molar-refractivity contribution in [1.29, 1.82) is 0 Å². The van der Waals surface area contributed by atoms with Gasteiger partial charge in [0.05, 0.1) is 6.07 Å². The summed E-state index contributed by atoms with van der Waals surface area (Å²) in [7, 11) is 0. The van der Waals surface area contributed by atoms with Crippen LogP contribution >= 0.6 is 0 Å². The van der Waals surface area contributed by atoms with E-state index in [4.69, 9.17) is 0 Å². The summed E-state index contributed by atoms with van der Waals surface area (Å²) >= 11 is 0. The van der Waals surface area contributed by atoms with Crippen LogP contribution in [0.5, 0.6) is 0 Å². The summed E-state index contributed by atoms with van der Waals surface area (Å²) in [5.74, 6) is -0.792. The van der Waals surface area contributed by atoms with Gasteiger partial charge in [0.1, 0.15) is 0 Å². The van der Waals surface area contributed by atoms with Gasteiger partial charge in [-0.15, -0.1) is 5.10 Å². The Labute approximate surface area is 139 Å². The second kappa shape index (κ2) is 7.22. The van der Waals surface area contributed by atoms with Crippen LogP contribution in [0, 0.1) is 10.1 Å². The van der Waals surface area contributed by atoms with E-state index in [0.717, 1.165) is 25.7 Å². The molecule has 0 bridgehead atoms. The fraction of sp³-hybridized carbons (Fsp3) is 0.375. The molecule has 2 heterocycles. The van der Waals surface area contributed by atoms with Gasteiger partial charge in [-0.3, -0.25) is 9.69 Å². The van der Waals surface area contributed by atoms with E-state index >= 15 is 0 Å². The fourth-order valence-corrected chi connectivity index (χ4v) is 2.79. The number of anilines is 1. The topological polar surface area (TPSA) is 104 Å². The monoisotopic (exact) mass is 329 g/mol. The molecule has 2 aromatic rings. The number of hydrogen-bond acceptors (Lipinski definition) is 5. The van der Waals surface area contributed by atoms with Gasteiger partial charge in [-0.25, -0.2) is 0 Å². The molecule has 8 nitrogen and oxygen atoms in total. The van der Waals surface area contributed by atoms with E-state index in [9.17, 15) is 14.9 Å². The Balaban J connectivity index is 1.58. The number of piperidine rings is 1. The number of nitrogens with one attached hydrogen (secondary N) is 2. The van der Waals surface area contributed by atoms with Gasteiger partial charge in [-0.1, -0.05) is 23.7 Å². The van der Waals surface area contributed by atoms with Crippen molar-refractivity contribution in [1.82, 2.24) is 15.1 Å². The molecule has 8 heteroatoms. The molecule has 24 heavy (non-hydrogen) atoms. The van der Waals surface area contributed by atoms with Crippen LogP contribution in [0.4, 0.5) is 11.5 Å². The third-order valence-corrected chi connectivity index (χ3v) is 4.06. The molecule has 126 valence electrons. The van der Waals surface area contributed by atoms with Gasteiger partial charge in [0, 0.05) is 12.2 Å². The van der Waals surface area contributed by atoms with E-state index in [2.05, 4.69) is 20.4 Å². The van der Waals surface area contributed by atoms with Crippen LogP contribution in [0.25, 0.3) is 0 Å². The molecule has 3 rings (SSSR count). The fourth-order valence-electron chi connectivity index (χ4n) is 2.79. The highest BCUT2D eigenvalue weighted by Gasteiger charge is 2.16. The molecule has 1 aromatic heterocycles. The lowest BCUT2D eigenvalue weighted by atomic mass is 10.1. The van der Waals surface area contributed by atoms with Crippen LogP contribution in [0.15, 0.2) is 30.3 Å². The normalized spacial score (nSPS) is 15.2. The van der Waals surface area contributed by atoms with Crippen molar-refractivity contribution >= 4 is 17.4 Å². The lowest BCUT2D eigenvalue weighted by Crippen LogP contribution is -2.29. The Hall–Kier alpha value is -2.74. The second-order valence-electron chi connectivity index (χ2n) is 5.88. The zero-order valence-corrected chi connectivity index (χ0v) is 13.2. The minimum Gasteiger partial charge on any atom is -0.358 e. The number of carbonyl (C=O) groups is 1. The van der Waals surface area contributed by atoms with Crippen molar-refractivity contribution in [2.75, 3.05) is 18.4 Å². The Morgan fingerprint density at radius 3 is 2.58 bits per heavy atom. The number of aromatic amines is 1. The van der Waals surface area contributed by atoms with Gasteiger partial charge in [0.15, 0.2) is 5.69 Å². The molecule has 1 aliphatic heterocycles. The van der Waals surface area contributed by atoms with Crippen molar-refractivity contribution in [2.45, 2.75) is 25.8 Å². The van der Waals surface area contributed by atoms with Gasteiger partial charge in [-0.2, -0.15) is 0 Å². The van der Waals surface area contributed by atoms with Crippen LogP contribution in [0.3, 0.4) is 0 Å². The van der Waals surface area contributed by atoms with Crippen LogP contribution in [0.1, 0.15) is 35.3 Å².